The minimum Gasteiger partial charge on any atom is -0.289 e. The van der Waals surface area contributed by atoms with Crippen molar-refractivity contribution in [2.75, 3.05) is 18.4 Å². The number of piperidine rings is 1. The molecule has 31 heavy (non-hydrogen) atoms. The van der Waals surface area contributed by atoms with E-state index in [1.807, 2.05) is 30.3 Å². The lowest BCUT2D eigenvalue weighted by Gasteiger charge is -2.34. The fourth-order valence-corrected chi connectivity index (χ4v) is 5.69. The molecular weight excluding hydrogens is 414 g/mol. The summed E-state index contributed by atoms with van der Waals surface area (Å²) in [5.74, 6) is 0.775. The van der Waals surface area contributed by atoms with Gasteiger partial charge < -0.3 is 0 Å². The maximum atomic E-state index is 13.1. The van der Waals surface area contributed by atoms with Crippen LogP contribution in [0, 0.1) is 11.8 Å². The van der Waals surface area contributed by atoms with Crippen LogP contribution in [0.25, 0.3) is 11.4 Å². The Hall–Kier alpha value is -3.04. The van der Waals surface area contributed by atoms with Crippen molar-refractivity contribution in [2.24, 2.45) is 11.8 Å². The van der Waals surface area contributed by atoms with Crippen molar-refractivity contribution in [3.05, 3.63) is 60.2 Å². The van der Waals surface area contributed by atoms with Crippen molar-refractivity contribution in [2.45, 2.75) is 25.2 Å². The highest BCUT2D eigenvalue weighted by molar-refractivity contribution is 7.89. The molecule has 2 atom stereocenters. The standard InChI is InChI=1S/C22H25N5O3S/c1-15-11-16(2)14-27(13-15)31(29,30)19-10-6-9-18(12-19)21(28)24-22-23-20(25-26-22)17-7-4-3-5-8-17/h3-10,12,15-16H,11,13-14H2,1-2H3,(H2,23,24,25,26,28)/t15-,16-/m0/s1. The van der Waals surface area contributed by atoms with Crippen LogP contribution in [0.2, 0.25) is 0 Å². The first-order chi connectivity index (χ1) is 14.8. The third kappa shape index (κ3) is 4.67. The number of aromatic nitrogens is 3. The van der Waals surface area contributed by atoms with Crippen LogP contribution in [0.5, 0.6) is 0 Å². The van der Waals surface area contributed by atoms with Crippen LogP contribution in [0.15, 0.2) is 59.5 Å². The van der Waals surface area contributed by atoms with Gasteiger partial charge in [-0.1, -0.05) is 50.2 Å². The summed E-state index contributed by atoms with van der Waals surface area (Å²) in [6, 6.07) is 15.5. The number of benzene rings is 2. The van der Waals surface area contributed by atoms with E-state index in [1.54, 1.807) is 12.1 Å². The summed E-state index contributed by atoms with van der Waals surface area (Å²) in [6.07, 6.45) is 1.01. The topological polar surface area (TPSA) is 108 Å². The van der Waals surface area contributed by atoms with E-state index in [0.717, 1.165) is 12.0 Å². The van der Waals surface area contributed by atoms with Gasteiger partial charge in [-0.2, -0.15) is 9.29 Å². The third-order valence-electron chi connectivity index (χ3n) is 5.33. The molecule has 8 nitrogen and oxygen atoms in total. The molecule has 2 N–H and O–H groups in total. The van der Waals surface area contributed by atoms with Gasteiger partial charge >= 0.3 is 0 Å². The number of hydrogen-bond donors (Lipinski definition) is 2. The number of sulfonamides is 1. The number of nitrogens with one attached hydrogen (secondary N) is 2. The second-order valence-electron chi connectivity index (χ2n) is 8.12. The molecule has 0 radical (unpaired) electrons. The molecule has 0 unspecified atom stereocenters. The first kappa shape index (κ1) is 21.2. The molecule has 1 aliphatic rings. The van der Waals surface area contributed by atoms with Crippen LogP contribution in [0.1, 0.15) is 30.6 Å². The molecule has 1 saturated heterocycles. The lowest BCUT2D eigenvalue weighted by molar-refractivity contribution is 0.102. The Labute approximate surface area is 181 Å². The molecule has 9 heteroatoms. The SMILES string of the molecule is C[C@H]1C[C@H](C)CN(S(=O)(=O)c2cccc(C(=O)Nc3n[nH]c(-c4ccccc4)n3)c2)C1. The Kier molecular flexibility index (Phi) is 5.88. The number of rotatable bonds is 5. The van der Waals surface area contributed by atoms with E-state index in [-0.39, 0.29) is 16.4 Å². The molecule has 1 aromatic heterocycles. The Morgan fingerprint density at radius 1 is 1.06 bits per heavy atom. The van der Waals surface area contributed by atoms with Gasteiger partial charge in [-0.05, 0) is 36.5 Å². The van der Waals surface area contributed by atoms with E-state index in [9.17, 15) is 13.2 Å². The highest BCUT2D eigenvalue weighted by Gasteiger charge is 2.32. The molecule has 4 rings (SSSR count). The summed E-state index contributed by atoms with van der Waals surface area (Å²) in [6.45, 7) is 5.09. The maximum Gasteiger partial charge on any atom is 0.258 e. The number of carbonyl (C=O) groups excluding carboxylic acids is 1. The number of anilines is 1. The molecule has 0 aliphatic carbocycles. The molecule has 162 valence electrons. The molecule has 1 fully saturated rings. The van der Waals surface area contributed by atoms with E-state index < -0.39 is 15.9 Å². The van der Waals surface area contributed by atoms with Gasteiger partial charge in [-0.25, -0.2) is 8.42 Å². The largest absolute Gasteiger partial charge is 0.289 e. The van der Waals surface area contributed by atoms with Crippen LogP contribution < -0.4 is 5.32 Å². The predicted octanol–water partition coefficient (Wildman–Crippen LogP) is 3.39. The van der Waals surface area contributed by atoms with Crippen molar-refractivity contribution in [3.63, 3.8) is 0 Å². The minimum absolute atomic E-state index is 0.112. The molecule has 1 aliphatic heterocycles. The van der Waals surface area contributed by atoms with Crippen molar-refractivity contribution < 1.29 is 13.2 Å². The number of aromatic amines is 1. The Balaban J connectivity index is 1.52. The molecular formula is C22H25N5O3S. The lowest BCUT2D eigenvalue weighted by atomic mass is 9.94. The average Bonchev–Trinajstić information content (AvgIpc) is 3.22. The van der Waals surface area contributed by atoms with Crippen molar-refractivity contribution in [1.29, 1.82) is 0 Å². The quantitative estimate of drug-likeness (QED) is 0.634. The monoisotopic (exact) mass is 439 g/mol. The number of hydrogen-bond acceptors (Lipinski definition) is 5. The van der Waals surface area contributed by atoms with E-state index in [1.165, 1.54) is 16.4 Å². The second-order valence-corrected chi connectivity index (χ2v) is 10.1. The second kappa shape index (κ2) is 8.60. The zero-order valence-electron chi connectivity index (χ0n) is 17.4. The van der Waals surface area contributed by atoms with E-state index in [2.05, 4.69) is 34.3 Å². The number of nitrogens with zero attached hydrogens (tertiary/aromatic N) is 3. The van der Waals surface area contributed by atoms with Gasteiger partial charge in [0.1, 0.15) is 0 Å². The highest BCUT2D eigenvalue weighted by Crippen LogP contribution is 2.27. The smallest absolute Gasteiger partial charge is 0.258 e. The van der Waals surface area contributed by atoms with Crippen molar-refractivity contribution in [3.8, 4) is 11.4 Å². The number of amides is 1. The van der Waals surface area contributed by atoms with Gasteiger partial charge in [0.2, 0.25) is 16.0 Å². The van der Waals surface area contributed by atoms with Gasteiger partial charge in [0.15, 0.2) is 5.82 Å². The Bertz CT molecular complexity index is 1170. The van der Waals surface area contributed by atoms with Crippen LogP contribution in [-0.4, -0.2) is 46.9 Å². The molecule has 0 spiro atoms. The van der Waals surface area contributed by atoms with Crippen molar-refractivity contribution >= 4 is 21.9 Å². The summed E-state index contributed by atoms with van der Waals surface area (Å²) >= 11 is 0. The fourth-order valence-electron chi connectivity index (χ4n) is 3.97. The van der Waals surface area contributed by atoms with E-state index in [0.29, 0.717) is 30.7 Å². The first-order valence-electron chi connectivity index (χ1n) is 10.2. The normalized spacial score (nSPS) is 19.8. The van der Waals surface area contributed by atoms with Gasteiger partial charge in [-0.15, -0.1) is 5.10 Å². The lowest BCUT2D eigenvalue weighted by Crippen LogP contribution is -2.42. The van der Waals surface area contributed by atoms with Gasteiger partial charge in [0.25, 0.3) is 5.91 Å². The van der Waals surface area contributed by atoms with Gasteiger partial charge in [0.05, 0.1) is 4.90 Å². The van der Waals surface area contributed by atoms with Crippen LogP contribution in [0.3, 0.4) is 0 Å². The van der Waals surface area contributed by atoms with Crippen LogP contribution in [-0.2, 0) is 10.0 Å². The first-order valence-corrected chi connectivity index (χ1v) is 11.7. The van der Waals surface area contributed by atoms with Gasteiger partial charge in [0, 0.05) is 24.2 Å². The van der Waals surface area contributed by atoms with Crippen molar-refractivity contribution in [1.82, 2.24) is 19.5 Å². The van der Waals surface area contributed by atoms with Crippen LogP contribution >= 0.6 is 0 Å². The molecule has 3 aromatic rings. The number of H-pyrrole nitrogens is 1. The summed E-state index contributed by atoms with van der Waals surface area (Å²) in [4.78, 5) is 17.1. The Morgan fingerprint density at radius 2 is 1.77 bits per heavy atom. The summed E-state index contributed by atoms with van der Waals surface area (Å²) in [5, 5.41) is 9.43. The van der Waals surface area contributed by atoms with Gasteiger partial charge in [-0.3, -0.25) is 15.2 Å². The van der Waals surface area contributed by atoms with Crippen LogP contribution in [0.4, 0.5) is 5.95 Å². The Morgan fingerprint density at radius 3 is 2.48 bits per heavy atom. The average molecular weight is 440 g/mol. The highest BCUT2D eigenvalue weighted by atomic mass is 32.2. The summed E-state index contributed by atoms with van der Waals surface area (Å²) in [7, 11) is -3.67. The summed E-state index contributed by atoms with van der Waals surface area (Å²) < 4.78 is 27.8. The molecule has 0 saturated carbocycles. The van der Waals surface area contributed by atoms with E-state index >= 15 is 0 Å². The summed E-state index contributed by atoms with van der Waals surface area (Å²) in [5.41, 5.74) is 1.07. The zero-order chi connectivity index (χ0) is 22.0. The fraction of sp³-hybridized carbons (Fsp3) is 0.318. The molecule has 2 aromatic carbocycles. The molecule has 1 amide bonds. The maximum absolute atomic E-state index is 13.1. The molecule has 2 heterocycles. The third-order valence-corrected chi connectivity index (χ3v) is 7.15. The molecule has 0 bridgehead atoms. The predicted molar refractivity (Wildman–Crippen MR) is 118 cm³/mol. The van der Waals surface area contributed by atoms with E-state index in [4.69, 9.17) is 0 Å². The minimum atomic E-state index is -3.67. The number of carbonyl (C=O) groups is 1. The zero-order valence-corrected chi connectivity index (χ0v) is 18.3.